The average molecular weight is 224 g/mol. The van der Waals surface area contributed by atoms with Crippen molar-refractivity contribution in [1.29, 1.82) is 5.26 Å². The van der Waals surface area contributed by atoms with Crippen LogP contribution in [0.3, 0.4) is 0 Å². The summed E-state index contributed by atoms with van der Waals surface area (Å²) in [5.41, 5.74) is 8.68. The summed E-state index contributed by atoms with van der Waals surface area (Å²) in [6.07, 6.45) is 1.60. The topological polar surface area (TPSA) is 74.7 Å². The number of hydrogen-bond acceptors (Lipinski definition) is 4. The Kier molecular flexibility index (Phi) is 3.22. The molecule has 4 heteroatoms. The fourth-order valence-corrected chi connectivity index (χ4v) is 1.52. The largest absolute Gasteiger partial charge is 0.398 e. The Hall–Kier alpha value is -2.54. The molecule has 17 heavy (non-hydrogen) atoms. The van der Waals surface area contributed by atoms with E-state index in [4.69, 9.17) is 11.0 Å². The van der Waals surface area contributed by atoms with Crippen molar-refractivity contribution in [2.45, 2.75) is 6.54 Å². The lowest BCUT2D eigenvalue weighted by molar-refractivity contribution is 1.13. The number of benzene rings is 1. The minimum atomic E-state index is 0.391. The zero-order valence-corrected chi connectivity index (χ0v) is 9.22. The molecule has 0 unspecified atom stereocenters. The summed E-state index contributed by atoms with van der Waals surface area (Å²) in [6, 6.07) is 13.3. The number of nitrogens with two attached hydrogens (primary N) is 1. The molecule has 0 fully saturated rings. The molecule has 1 aromatic heterocycles. The van der Waals surface area contributed by atoms with E-state index < -0.39 is 0 Å². The van der Waals surface area contributed by atoms with Crippen LogP contribution in [0.15, 0.2) is 42.6 Å². The maximum Gasteiger partial charge on any atom is 0.163 e. The number of para-hydroxylation sites is 1. The molecule has 0 bridgehead atoms. The van der Waals surface area contributed by atoms with Gasteiger partial charge in [0, 0.05) is 18.4 Å². The van der Waals surface area contributed by atoms with Crippen LogP contribution in [-0.4, -0.2) is 4.98 Å². The summed E-state index contributed by atoms with van der Waals surface area (Å²) in [7, 11) is 0. The molecule has 84 valence electrons. The first-order valence-corrected chi connectivity index (χ1v) is 5.23. The van der Waals surface area contributed by atoms with Crippen LogP contribution >= 0.6 is 0 Å². The van der Waals surface area contributed by atoms with Gasteiger partial charge in [0.1, 0.15) is 6.07 Å². The number of anilines is 2. The molecule has 2 aromatic rings. The van der Waals surface area contributed by atoms with E-state index >= 15 is 0 Å². The lowest BCUT2D eigenvalue weighted by atomic mass is 10.2. The quantitative estimate of drug-likeness (QED) is 0.783. The zero-order valence-electron chi connectivity index (χ0n) is 9.22. The van der Waals surface area contributed by atoms with E-state index in [1.165, 1.54) is 0 Å². The lowest BCUT2D eigenvalue weighted by Crippen LogP contribution is -2.04. The molecule has 0 aliphatic heterocycles. The van der Waals surface area contributed by atoms with E-state index in [2.05, 4.69) is 10.3 Å². The maximum atomic E-state index is 8.89. The molecular formula is C13H12N4. The Balaban J connectivity index is 2.13. The van der Waals surface area contributed by atoms with Crippen LogP contribution in [0, 0.1) is 11.3 Å². The second-order valence-corrected chi connectivity index (χ2v) is 3.56. The number of pyridine rings is 1. The molecule has 0 saturated carbocycles. The summed E-state index contributed by atoms with van der Waals surface area (Å²) in [6.45, 7) is 0.576. The second kappa shape index (κ2) is 4.99. The van der Waals surface area contributed by atoms with Gasteiger partial charge in [-0.1, -0.05) is 18.2 Å². The van der Waals surface area contributed by atoms with Crippen LogP contribution in [0.4, 0.5) is 11.4 Å². The predicted molar refractivity (Wildman–Crippen MR) is 67.1 cm³/mol. The Labute approximate surface area is 99.7 Å². The number of nitriles is 1. The molecule has 0 radical (unpaired) electrons. The Bertz CT molecular complexity index is 557. The first kappa shape index (κ1) is 11.0. The molecule has 0 spiro atoms. The number of rotatable bonds is 3. The predicted octanol–water partition coefficient (Wildman–Crippen LogP) is 2.15. The van der Waals surface area contributed by atoms with Crippen LogP contribution in [0.5, 0.6) is 0 Å². The van der Waals surface area contributed by atoms with Gasteiger partial charge in [0.15, 0.2) is 5.69 Å². The SMILES string of the molecule is N#Cc1ncccc1NCc1ccccc1N. The highest BCUT2D eigenvalue weighted by Gasteiger charge is 2.02. The Morgan fingerprint density at radius 3 is 2.82 bits per heavy atom. The second-order valence-electron chi connectivity index (χ2n) is 3.56. The van der Waals surface area contributed by atoms with Crippen molar-refractivity contribution < 1.29 is 0 Å². The summed E-state index contributed by atoms with van der Waals surface area (Å²) < 4.78 is 0. The number of nitrogens with zero attached hydrogens (tertiary/aromatic N) is 2. The highest BCUT2D eigenvalue weighted by molar-refractivity contribution is 5.55. The monoisotopic (exact) mass is 224 g/mol. The van der Waals surface area contributed by atoms with Crippen LogP contribution in [0.1, 0.15) is 11.3 Å². The molecule has 0 saturated heterocycles. The summed E-state index contributed by atoms with van der Waals surface area (Å²) >= 11 is 0. The molecule has 4 nitrogen and oxygen atoms in total. The number of hydrogen-bond donors (Lipinski definition) is 2. The van der Waals surface area contributed by atoms with Crippen molar-refractivity contribution in [3.05, 3.63) is 53.9 Å². The van der Waals surface area contributed by atoms with E-state index in [-0.39, 0.29) is 0 Å². The highest BCUT2D eigenvalue weighted by atomic mass is 14.9. The number of nitrogen functional groups attached to an aromatic ring is 1. The smallest absolute Gasteiger partial charge is 0.163 e. The van der Waals surface area contributed by atoms with Crippen molar-refractivity contribution in [2.24, 2.45) is 0 Å². The molecule has 0 aliphatic carbocycles. The summed E-state index contributed by atoms with van der Waals surface area (Å²) in [5, 5.41) is 12.0. The minimum Gasteiger partial charge on any atom is -0.398 e. The van der Waals surface area contributed by atoms with Gasteiger partial charge in [0.2, 0.25) is 0 Å². The third kappa shape index (κ3) is 2.52. The molecule has 0 aliphatic rings. The normalized spacial score (nSPS) is 9.59. The molecular weight excluding hydrogens is 212 g/mol. The van der Waals surface area contributed by atoms with Crippen molar-refractivity contribution in [3.8, 4) is 6.07 Å². The fraction of sp³-hybridized carbons (Fsp3) is 0.0769. The first-order valence-electron chi connectivity index (χ1n) is 5.23. The first-order chi connectivity index (χ1) is 8.31. The van der Waals surface area contributed by atoms with Gasteiger partial charge in [-0.15, -0.1) is 0 Å². The van der Waals surface area contributed by atoms with E-state index in [0.717, 1.165) is 16.9 Å². The number of nitrogens with one attached hydrogen (secondary N) is 1. The molecule has 2 rings (SSSR count). The number of aromatic nitrogens is 1. The standard InChI is InChI=1S/C13H12N4/c14-8-13-12(6-3-7-16-13)17-9-10-4-1-2-5-11(10)15/h1-7,17H,9,15H2. The van der Waals surface area contributed by atoms with Crippen LogP contribution in [0.2, 0.25) is 0 Å². The van der Waals surface area contributed by atoms with Gasteiger partial charge < -0.3 is 11.1 Å². The van der Waals surface area contributed by atoms with Gasteiger partial charge in [-0.2, -0.15) is 5.26 Å². The molecule has 0 atom stereocenters. The summed E-state index contributed by atoms with van der Waals surface area (Å²) in [4.78, 5) is 3.98. The van der Waals surface area contributed by atoms with Gasteiger partial charge in [0.05, 0.1) is 5.69 Å². The minimum absolute atomic E-state index is 0.391. The molecule has 1 heterocycles. The van der Waals surface area contributed by atoms with Crippen molar-refractivity contribution in [2.75, 3.05) is 11.1 Å². The van der Waals surface area contributed by atoms with Crippen LogP contribution < -0.4 is 11.1 Å². The van der Waals surface area contributed by atoms with E-state index in [1.54, 1.807) is 12.3 Å². The third-order valence-corrected chi connectivity index (χ3v) is 2.44. The van der Waals surface area contributed by atoms with Gasteiger partial charge in [-0.3, -0.25) is 0 Å². The highest BCUT2D eigenvalue weighted by Crippen LogP contribution is 2.15. The average Bonchev–Trinajstić information content (AvgIpc) is 2.38. The molecule has 0 amide bonds. The van der Waals surface area contributed by atoms with Gasteiger partial charge in [-0.05, 0) is 23.8 Å². The van der Waals surface area contributed by atoms with Crippen molar-refractivity contribution >= 4 is 11.4 Å². The maximum absolute atomic E-state index is 8.89. The van der Waals surface area contributed by atoms with Gasteiger partial charge in [0.25, 0.3) is 0 Å². The zero-order chi connectivity index (χ0) is 12.1. The van der Waals surface area contributed by atoms with Gasteiger partial charge in [-0.25, -0.2) is 4.98 Å². The molecule has 3 N–H and O–H groups in total. The Morgan fingerprint density at radius 2 is 2.06 bits per heavy atom. The summed E-state index contributed by atoms with van der Waals surface area (Å²) in [5.74, 6) is 0. The van der Waals surface area contributed by atoms with Gasteiger partial charge >= 0.3 is 0 Å². The lowest BCUT2D eigenvalue weighted by Gasteiger charge is -2.09. The van der Waals surface area contributed by atoms with Crippen molar-refractivity contribution in [1.82, 2.24) is 4.98 Å². The fourth-order valence-electron chi connectivity index (χ4n) is 1.52. The Morgan fingerprint density at radius 1 is 1.24 bits per heavy atom. The van der Waals surface area contributed by atoms with Crippen LogP contribution in [-0.2, 0) is 6.54 Å². The third-order valence-electron chi connectivity index (χ3n) is 2.44. The van der Waals surface area contributed by atoms with E-state index in [9.17, 15) is 0 Å². The molecule has 1 aromatic carbocycles. The van der Waals surface area contributed by atoms with Crippen LogP contribution in [0.25, 0.3) is 0 Å². The van der Waals surface area contributed by atoms with Crippen molar-refractivity contribution in [3.63, 3.8) is 0 Å². The van der Waals surface area contributed by atoms with E-state index in [0.29, 0.717) is 12.2 Å². The van der Waals surface area contributed by atoms with E-state index in [1.807, 2.05) is 36.4 Å².